The molecule has 6 heteroatoms. The van der Waals surface area contributed by atoms with E-state index in [1.165, 1.54) is 0 Å². The minimum absolute atomic E-state index is 0.114. The molecule has 1 heterocycles. The van der Waals surface area contributed by atoms with Gasteiger partial charge in [0.1, 0.15) is 5.75 Å². The summed E-state index contributed by atoms with van der Waals surface area (Å²) in [6, 6.07) is 15.6. The molecule has 1 unspecified atom stereocenters. The number of fused-ring (bicyclic) bond motifs is 1. The van der Waals surface area contributed by atoms with E-state index in [0.717, 1.165) is 0 Å². The first-order valence-electron chi connectivity index (χ1n) is 7.02. The Morgan fingerprint density at radius 1 is 1.26 bits per heavy atom. The largest absolute Gasteiger partial charge is 0.478 e. The number of benzene rings is 2. The van der Waals surface area contributed by atoms with Crippen molar-refractivity contribution < 1.29 is 14.3 Å². The van der Waals surface area contributed by atoms with Gasteiger partial charge in [0, 0.05) is 5.69 Å². The average Bonchev–Trinajstić information content (AvgIpc) is 2.55. The van der Waals surface area contributed by atoms with Crippen LogP contribution < -0.4 is 15.4 Å². The fourth-order valence-electron chi connectivity index (χ4n) is 2.27. The Kier molecular flexibility index (Phi) is 3.93. The van der Waals surface area contributed by atoms with Gasteiger partial charge in [0.2, 0.25) is 5.91 Å². The maximum atomic E-state index is 12.1. The highest BCUT2D eigenvalue weighted by atomic mass is 16.5. The second-order valence-corrected chi connectivity index (χ2v) is 5.04. The molecule has 0 saturated heterocycles. The van der Waals surface area contributed by atoms with Gasteiger partial charge in [-0.05, 0) is 30.3 Å². The molecular formula is C17H13N3O3. The van der Waals surface area contributed by atoms with Gasteiger partial charge in [-0.1, -0.05) is 18.2 Å². The SMILES string of the molecule is N#Cc1cccc(NC(=O)CC2Oc3ccccc3NC2=O)c1. The van der Waals surface area contributed by atoms with Crippen molar-refractivity contribution in [3.05, 3.63) is 54.1 Å². The molecule has 0 spiro atoms. The third-order valence-electron chi connectivity index (χ3n) is 3.35. The van der Waals surface area contributed by atoms with Crippen LogP contribution in [0.5, 0.6) is 5.75 Å². The molecule has 0 bridgehead atoms. The van der Waals surface area contributed by atoms with E-state index < -0.39 is 6.10 Å². The average molecular weight is 307 g/mol. The lowest BCUT2D eigenvalue weighted by Gasteiger charge is -2.25. The monoisotopic (exact) mass is 307 g/mol. The van der Waals surface area contributed by atoms with Crippen LogP contribution in [-0.4, -0.2) is 17.9 Å². The number of carbonyl (C=O) groups is 2. The number of hydrogen-bond acceptors (Lipinski definition) is 4. The molecule has 114 valence electrons. The Labute approximate surface area is 132 Å². The van der Waals surface area contributed by atoms with Crippen molar-refractivity contribution in [1.82, 2.24) is 0 Å². The summed E-state index contributed by atoms with van der Waals surface area (Å²) in [5.74, 6) is -0.180. The van der Waals surface area contributed by atoms with Crippen LogP contribution in [0.25, 0.3) is 0 Å². The second-order valence-electron chi connectivity index (χ2n) is 5.04. The van der Waals surface area contributed by atoms with Crippen LogP contribution in [0.4, 0.5) is 11.4 Å². The molecule has 0 radical (unpaired) electrons. The van der Waals surface area contributed by atoms with Gasteiger partial charge in [0.25, 0.3) is 5.91 Å². The van der Waals surface area contributed by atoms with Crippen molar-refractivity contribution in [1.29, 1.82) is 5.26 Å². The molecule has 1 aliphatic rings. The van der Waals surface area contributed by atoms with E-state index in [1.807, 2.05) is 6.07 Å². The van der Waals surface area contributed by atoms with Crippen LogP contribution in [-0.2, 0) is 9.59 Å². The number of carbonyl (C=O) groups excluding carboxylic acids is 2. The van der Waals surface area contributed by atoms with Crippen molar-refractivity contribution in [2.75, 3.05) is 10.6 Å². The summed E-state index contributed by atoms with van der Waals surface area (Å²) in [7, 11) is 0. The highest BCUT2D eigenvalue weighted by molar-refractivity contribution is 6.01. The zero-order valence-electron chi connectivity index (χ0n) is 12.1. The van der Waals surface area contributed by atoms with E-state index >= 15 is 0 Å². The topological polar surface area (TPSA) is 91.2 Å². The normalized spacial score (nSPS) is 15.6. The molecular weight excluding hydrogens is 294 g/mol. The maximum absolute atomic E-state index is 12.1. The third-order valence-corrected chi connectivity index (χ3v) is 3.35. The predicted octanol–water partition coefficient (Wildman–Crippen LogP) is 2.29. The number of para-hydroxylation sites is 2. The molecule has 23 heavy (non-hydrogen) atoms. The number of hydrogen-bond donors (Lipinski definition) is 2. The first-order valence-corrected chi connectivity index (χ1v) is 7.02. The lowest BCUT2D eigenvalue weighted by Crippen LogP contribution is -2.39. The summed E-state index contributed by atoms with van der Waals surface area (Å²) >= 11 is 0. The molecule has 6 nitrogen and oxygen atoms in total. The van der Waals surface area contributed by atoms with Crippen LogP contribution in [0.3, 0.4) is 0 Å². The minimum Gasteiger partial charge on any atom is -0.478 e. The molecule has 2 N–H and O–H groups in total. The Balaban J connectivity index is 1.66. The van der Waals surface area contributed by atoms with E-state index in [-0.39, 0.29) is 18.2 Å². The molecule has 1 atom stereocenters. The van der Waals surface area contributed by atoms with Crippen LogP contribution in [0.1, 0.15) is 12.0 Å². The number of ether oxygens (including phenoxy) is 1. The predicted molar refractivity (Wildman–Crippen MR) is 83.9 cm³/mol. The molecule has 0 aliphatic carbocycles. The highest BCUT2D eigenvalue weighted by Crippen LogP contribution is 2.29. The zero-order valence-corrected chi connectivity index (χ0v) is 12.1. The first kappa shape index (κ1) is 14.6. The first-order chi connectivity index (χ1) is 11.2. The Morgan fingerprint density at radius 2 is 2.09 bits per heavy atom. The lowest BCUT2D eigenvalue weighted by molar-refractivity contribution is -0.128. The van der Waals surface area contributed by atoms with Gasteiger partial charge in [-0.2, -0.15) is 5.26 Å². The van der Waals surface area contributed by atoms with Crippen molar-refractivity contribution >= 4 is 23.2 Å². The number of nitrogens with zero attached hydrogens (tertiary/aromatic N) is 1. The van der Waals surface area contributed by atoms with Gasteiger partial charge in [0.15, 0.2) is 6.10 Å². The van der Waals surface area contributed by atoms with Gasteiger partial charge in [-0.25, -0.2) is 0 Å². The Morgan fingerprint density at radius 3 is 2.91 bits per heavy atom. The molecule has 2 aromatic carbocycles. The minimum atomic E-state index is -0.885. The van der Waals surface area contributed by atoms with Gasteiger partial charge >= 0.3 is 0 Å². The molecule has 1 aliphatic heterocycles. The van der Waals surface area contributed by atoms with Gasteiger partial charge in [-0.3, -0.25) is 9.59 Å². The van der Waals surface area contributed by atoms with Crippen LogP contribution in [0.2, 0.25) is 0 Å². The summed E-state index contributed by atoms with van der Waals surface area (Å²) in [4.78, 5) is 24.1. The number of nitriles is 1. The van der Waals surface area contributed by atoms with Crippen LogP contribution in [0.15, 0.2) is 48.5 Å². The van der Waals surface area contributed by atoms with Gasteiger partial charge < -0.3 is 15.4 Å². The Bertz CT molecular complexity index is 811. The van der Waals surface area contributed by atoms with Gasteiger partial charge in [0.05, 0.1) is 23.7 Å². The quantitative estimate of drug-likeness (QED) is 0.910. The summed E-state index contributed by atoms with van der Waals surface area (Å²) < 4.78 is 5.57. The summed E-state index contributed by atoms with van der Waals surface area (Å²) in [5, 5.41) is 14.2. The summed E-state index contributed by atoms with van der Waals surface area (Å²) in [5.41, 5.74) is 1.55. The van der Waals surface area contributed by atoms with E-state index in [4.69, 9.17) is 10.00 Å². The Hall–Kier alpha value is -3.33. The number of anilines is 2. The van der Waals surface area contributed by atoms with E-state index in [1.54, 1.807) is 48.5 Å². The number of nitrogens with one attached hydrogen (secondary N) is 2. The third kappa shape index (κ3) is 3.30. The fourth-order valence-corrected chi connectivity index (χ4v) is 2.27. The van der Waals surface area contributed by atoms with Crippen LogP contribution in [0, 0.1) is 11.3 Å². The van der Waals surface area contributed by atoms with Crippen LogP contribution >= 0.6 is 0 Å². The summed E-state index contributed by atoms with van der Waals surface area (Å²) in [6.45, 7) is 0. The standard InChI is InChI=1S/C17H13N3O3/c18-10-11-4-3-5-12(8-11)19-16(21)9-15-17(22)20-13-6-1-2-7-14(13)23-15/h1-8,15H,9H2,(H,19,21)(H,20,22). The summed E-state index contributed by atoms with van der Waals surface area (Å²) in [6.07, 6.45) is -0.999. The lowest BCUT2D eigenvalue weighted by atomic mass is 10.1. The molecule has 0 saturated carbocycles. The van der Waals surface area contributed by atoms with E-state index in [2.05, 4.69) is 10.6 Å². The van der Waals surface area contributed by atoms with Crippen molar-refractivity contribution in [3.63, 3.8) is 0 Å². The van der Waals surface area contributed by atoms with Crippen molar-refractivity contribution in [2.24, 2.45) is 0 Å². The number of rotatable bonds is 3. The molecule has 0 fully saturated rings. The maximum Gasteiger partial charge on any atom is 0.266 e. The second kappa shape index (κ2) is 6.20. The van der Waals surface area contributed by atoms with Gasteiger partial charge in [-0.15, -0.1) is 0 Å². The fraction of sp³-hybridized carbons (Fsp3) is 0.118. The number of amides is 2. The van der Waals surface area contributed by atoms with Crippen molar-refractivity contribution in [3.8, 4) is 11.8 Å². The highest BCUT2D eigenvalue weighted by Gasteiger charge is 2.29. The van der Waals surface area contributed by atoms with E-state index in [9.17, 15) is 9.59 Å². The zero-order chi connectivity index (χ0) is 16.2. The molecule has 2 amide bonds. The molecule has 3 rings (SSSR count). The molecule has 2 aromatic rings. The smallest absolute Gasteiger partial charge is 0.266 e. The molecule has 0 aromatic heterocycles. The van der Waals surface area contributed by atoms with E-state index in [0.29, 0.717) is 22.7 Å². The van der Waals surface area contributed by atoms with Crippen molar-refractivity contribution in [2.45, 2.75) is 12.5 Å².